The summed E-state index contributed by atoms with van der Waals surface area (Å²) in [6, 6.07) is 4.39. The molecule has 0 atom stereocenters. The lowest BCUT2D eigenvalue weighted by Gasteiger charge is -2.09. The van der Waals surface area contributed by atoms with Crippen LogP contribution in [0.1, 0.15) is 31.4 Å². The summed E-state index contributed by atoms with van der Waals surface area (Å²) >= 11 is 5.66. The fourth-order valence-electron chi connectivity index (χ4n) is 1.82. The van der Waals surface area contributed by atoms with Crippen LogP contribution in [0, 0.1) is 0 Å². The van der Waals surface area contributed by atoms with Crippen molar-refractivity contribution in [1.82, 2.24) is 5.32 Å². The zero-order valence-electron chi connectivity index (χ0n) is 7.55. The van der Waals surface area contributed by atoms with Crippen molar-refractivity contribution in [2.75, 3.05) is 0 Å². The van der Waals surface area contributed by atoms with E-state index in [1.54, 1.807) is 6.07 Å². The van der Waals surface area contributed by atoms with Gasteiger partial charge >= 0.3 is 0 Å². The van der Waals surface area contributed by atoms with Crippen molar-refractivity contribution >= 4 is 11.6 Å². The third kappa shape index (κ3) is 2.48. The third-order valence-electron chi connectivity index (χ3n) is 2.55. The van der Waals surface area contributed by atoms with Crippen molar-refractivity contribution in [2.24, 2.45) is 0 Å². The van der Waals surface area contributed by atoms with Gasteiger partial charge in [-0.15, -0.1) is 0 Å². The molecule has 0 bridgehead atoms. The molecule has 0 aliphatic heterocycles. The Bertz CT molecular complexity index is 266. The predicted octanol–water partition coefficient (Wildman–Crippen LogP) is 2.97. The minimum absolute atomic E-state index is 0.475. The number of nitrogens with one attached hydrogen (secondary N) is 1. The first-order chi connectivity index (χ1) is 6.34. The number of halogens is 1. The number of furan rings is 1. The van der Waals surface area contributed by atoms with Gasteiger partial charge in [0.1, 0.15) is 5.76 Å². The van der Waals surface area contributed by atoms with Gasteiger partial charge < -0.3 is 9.73 Å². The van der Waals surface area contributed by atoms with Crippen LogP contribution in [0.5, 0.6) is 0 Å². The molecule has 0 radical (unpaired) electrons. The number of hydrogen-bond acceptors (Lipinski definition) is 2. The van der Waals surface area contributed by atoms with Crippen LogP contribution in [0.3, 0.4) is 0 Å². The van der Waals surface area contributed by atoms with E-state index < -0.39 is 0 Å². The molecule has 1 aromatic rings. The normalized spacial score (nSPS) is 18.2. The molecule has 1 aliphatic carbocycles. The predicted molar refractivity (Wildman–Crippen MR) is 52.8 cm³/mol. The molecule has 1 heterocycles. The number of hydrogen-bond donors (Lipinski definition) is 1. The lowest BCUT2D eigenvalue weighted by atomic mass is 10.2. The molecule has 1 fully saturated rings. The maximum absolute atomic E-state index is 5.66. The Morgan fingerprint density at radius 2 is 2.15 bits per heavy atom. The van der Waals surface area contributed by atoms with Crippen LogP contribution in [0.25, 0.3) is 0 Å². The molecule has 0 aromatic carbocycles. The van der Waals surface area contributed by atoms with E-state index in [0.717, 1.165) is 12.3 Å². The molecule has 1 N–H and O–H groups in total. The van der Waals surface area contributed by atoms with Gasteiger partial charge in [0, 0.05) is 6.04 Å². The van der Waals surface area contributed by atoms with Crippen molar-refractivity contribution in [3.8, 4) is 0 Å². The SMILES string of the molecule is Clc1ccc(CNC2CCCC2)o1. The molecule has 72 valence electrons. The highest BCUT2D eigenvalue weighted by Crippen LogP contribution is 2.19. The van der Waals surface area contributed by atoms with Crippen LogP contribution in [-0.4, -0.2) is 6.04 Å². The monoisotopic (exact) mass is 199 g/mol. The van der Waals surface area contributed by atoms with Gasteiger partial charge in [-0.1, -0.05) is 12.8 Å². The maximum Gasteiger partial charge on any atom is 0.193 e. The third-order valence-corrected chi connectivity index (χ3v) is 2.75. The zero-order valence-corrected chi connectivity index (χ0v) is 8.31. The van der Waals surface area contributed by atoms with Crippen LogP contribution in [-0.2, 0) is 6.54 Å². The second kappa shape index (κ2) is 4.16. The van der Waals surface area contributed by atoms with E-state index in [-0.39, 0.29) is 0 Å². The van der Waals surface area contributed by atoms with Gasteiger partial charge in [-0.2, -0.15) is 0 Å². The Hall–Kier alpha value is -0.470. The van der Waals surface area contributed by atoms with Crippen LogP contribution < -0.4 is 5.32 Å². The molecule has 0 spiro atoms. The molecule has 1 saturated carbocycles. The second-order valence-electron chi connectivity index (χ2n) is 3.57. The van der Waals surface area contributed by atoms with E-state index in [1.807, 2.05) is 6.07 Å². The molecule has 1 aromatic heterocycles. The smallest absolute Gasteiger partial charge is 0.193 e. The average molecular weight is 200 g/mol. The summed E-state index contributed by atoms with van der Waals surface area (Å²) in [5, 5.41) is 3.93. The lowest BCUT2D eigenvalue weighted by molar-refractivity contribution is 0.447. The van der Waals surface area contributed by atoms with E-state index in [0.29, 0.717) is 11.3 Å². The van der Waals surface area contributed by atoms with Crippen LogP contribution in [0.2, 0.25) is 5.22 Å². The quantitative estimate of drug-likeness (QED) is 0.810. The Morgan fingerprint density at radius 1 is 1.38 bits per heavy atom. The summed E-state index contributed by atoms with van der Waals surface area (Å²) in [7, 11) is 0. The molecule has 13 heavy (non-hydrogen) atoms. The Labute approximate surface area is 83.3 Å². The molecular weight excluding hydrogens is 186 g/mol. The topological polar surface area (TPSA) is 25.2 Å². The van der Waals surface area contributed by atoms with Crippen molar-refractivity contribution in [2.45, 2.75) is 38.3 Å². The first-order valence-corrected chi connectivity index (χ1v) is 5.20. The largest absolute Gasteiger partial charge is 0.448 e. The first kappa shape index (κ1) is 9.10. The summed E-state index contributed by atoms with van der Waals surface area (Å²) < 4.78 is 5.25. The molecule has 2 nitrogen and oxygen atoms in total. The Morgan fingerprint density at radius 3 is 2.77 bits per heavy atom. The molecule has 3 heteroatoms. The van der Waals surface area contributed by atoms with Gasteiger partial charge in [0.05, 0.1) is 6.54 Å². The van der Waals surface area contributed by atoms with E-state index in [4.69, 9.17) is 16.0 Å². The standard InChI is InChI=1S/C10H14ClNO/c11-10-6-5-9(13-10)7-12-8-3-1-2-4-8/h5-6,8,12H,1-4,7H2. The Balaban J connectivity index is 1.78. The molecule has 0 saturated heterocycles. The summed E-state index contributed by atoms with van der Waals surface area (Å²) in [5.74, 6) is 0.928. The highest BCUT2D eigenvalue weighted by atomic mass is 35.5. The summed E-state index contributed by atoms with van der Waals surface area (Å²) in [4.78, 5) is 0. The molecule has 2 rings (SSSR count). The van der Waals surface area contributed by atoms with Gasteiger partial charge in [-0.05, 0) is 36.6 Å². The fourth-order valence-corrected chi connectivity index (χ4v) is 1.98. The molecule has 0 unspecified atom stereocenters. The van der Waals surface area contributed by atoms with Gasteiger partial charge in [-0.3, -0.25) is 0 Å². The summed E-state index contributed by atoms with van der Waals surface area (Å²) in [6.45, 7) is 0.803. The van der Waals surface area contributed by atoms with Crippen molar-refractivity contribution in [1.29, 1.82) is 0 Å². The molecule has 0 amide bonds. The van der Waals surface area contributed by atoms with Gasteiger partial charge in [-0.25, -0.2) is 0 Å². The highest BCUT2D eigenvalue weighted by molar-refractivity contribution is 6.28. The number of rotatable bonds is 3. The molecular formula is C10H14ClNO. The fraction of sp³-hybridized carbons (Fsp3) is 0.600. The summed E-state index contributed by atoms with van der Waals surface area (Å²) in [5.41, 5.74) is 0. The van der Waals surface area contributed by atoms with Crippen molar-refractivity contribution in [3.63, 3.8) is 0 Å². The minimum Gasteiger partial charge on any atom is -0.448 e. The minimum atomic E-state index is 0.475. The van der Waals surface area contributed by atoms with E-state index in [1.165, 1.54) is 25.7 Å². The summed E-state index contributed by atoms with van der Waals surface area (Å²) in [6.07, 6.45) is 5.32. The first-order valence-electron chi connectivity index (χ1n) is 4.82. The van der Waals surface area contributed by atoms with Crippen molar-refractivity contribution in [3.05, 3.63) is 23.1 Å². The van der Waals surface area contributed by atoms with E-state index >= 15 is 0 Å². The average Bonchev–Trinajstić information content (AvgIpc) is 2.71. The highest BCUT2D eigenvalue weighted by Gasteiger charge is 2.14. The molecule has 1 aliphatic rings. The van der Waals surface area contributed by atoms with Gasteiger partial charge in [0.15, 0.2) is 5.22 Å². The Kier molecular flexibility index (Phi) is 2.91. The van der Waals surface area contributed by atoms with Crippen LogP contribution in [0.15, 0.2) is 16.5 Å². The maximum atomic E-state index is 5.66. The van der Waals surface area contributed by atoms with Crippen LogP contribution in [0.4, 0.5) is 0 Å². The second-order valence-corrected chi connectivity index (χ2v) is 3.94. The van der Waals surface area contributed by atoms with Crippen LogP contribution >= 0.6 is 11.6 Å². The van der Waals surface area contributed by atoms with E-state index in [9.17, 15) is 0 Å². The van der Waals surface area contributed by atoms with Gasteiger partial charge in [0.2, 0.25) is 0 Å². The zero-order chi connectivity index (χ0) is 9.10. The van der Waals surface area contributed by atoms with Gasteiger partial charge in [0.25, 0.3) is 0 Å². The van der Waals surface area contributed by atoms with E-state index in [2.05, 4.69) is 5.32 Å². The lowest BCUT2D eigenvalue weighted by Crippen LogP contribution is -2.24. The van der Waals surface area contributed by atoms with Crippen molar-refractivity contribution < 1.29 is 4.42 Å².